The molecule has 21 heavy (non-hydrogen) atoms. The summed E-state index contributed by atoms with van der Waals surface area (Å²) in [6.07, 6.45) is 1.36. The molecule has 2 rings (SSSR count). The van der Waals surface area contributed by atoms with Crippen LogP contribution in [0.2, 0.25) is 0 Å². The van der Waals surface area contributed by atoms with Crippen LogP contribution in [0, 0.1) is 0 Å². The van der Waals surface area contributed by atoms with Gasteiger partial charge in [-0.1, -0.05) is 11.8 Å². The molecule has 0 bridgehead atoms. The van der Waals surface area contributed by atoms with Gasteiger partial charge in [0, 0.05) is 5.56 Å². The van der Waals surface area contributed by atoms with Gasteiger partial charge in [-0.25, -0.2) is 0 Å². The molecule has 0 radical (unpaired) electrons. The zero-order valence-electron chi connectivity index (χ0n) is 11.1. The highest BCUT2D eigenvalue weighted by Gasteiger charge is 2.24. The number of methoxy groups -OCH3 is 1. The SMILES string of the molecule is COc1ccc(C(=O)N=C(N)/C=C2/SC(S)NC2=O)cc1. The lowest BCUT2D eigenvalue weighted by atomic mass is 10.2. The maximum atomic E-state index is 11.9. The minimum atomic E-state index is -0.488. The highest BCUT2D eigenvalue weighted by molar-refractivity contribution is 8.14. The lowest BCUT2D eigenvalue weighted by Crippen LogP contribution is -2.20. The number of thiol groups is 1. The van der Waals surface area contributed by atoms with Gasteiger partial charge in [-0.05, 0) is 30.3 Å². The van der Waals surface area contributed by atoms with Gasteiger partial charge in [-0.15, -0.1) is 12.6 Å². The maximum Gasteiger partial charge on any atom is 0.278 e. The molecule has 110 valence electrons. The van der Waals surface area contributed by atoms with E-state index < -0.39 is 5.91 Å². The van der Waals surface area contributed by atoms with Crippen molar-refractivity contribution in [3.8, 4) is 5.75 Å². The Morgan fingerprint density at radius 1 is 1.48 bits per heavy atom. The highest BCUT2D eigenvalue weighted by Crippen LogP contribution is 2.28. The number of carbonyl (C=O) groups excluding carboxylic acids is 2. The molecule has 0 spiro atoms. The first kappa shape index (κ1) is 15.5. The van der Waals surface area contributed by atoms with Crippen molar-refractivity contribution < 1.29 is 14.3 Å². The molecule has 1 aliphatic heterocycles. The Balaban J connectivity index is 2.12. The van der Waals surface area contributed by atoms with Crippen LogP contribution in [0.4, 0.5) is 0 Å². The van der Waals surface area contributed by atoms with Crippen molar-refractivity contribution in [2.75, 3.05) is 7.11 Å². The Hall–Kier alpha value is -1.93. The summed E-state index contributed by atoms with van der Waals surface area (Å²) in [7, 11) is 1.54. The zero-order chi connectivity index (χ0) is 15.4. The van der Waals surface area contributed by atoms with Crippen LogP contribution in [0.15, 0.2) is 40.2 Å². The number of hydrogen-bond acceptors (Lipinski definition) is 5. The molecule has 1 fully saturated rings. The van der Waals surface area contributed by atoms with Crippen LogP contribution in [0.5, 0.6) is 5.75 Å². The summed E-state index contributed by atoms with van der Waals surface area (Å²) in [6, 6.07) is 6.49. The van der Waals surface area contributed by atoms with E-state index in [4.69, 9.17) is 10.5 Å². The van der Waals surface area contributed by atoms with Crippen molar-refractivity contribution >= 4 is 42.0 Å². The van der Waals surface area contributed by atoms with Gasteiger partial charge in [-0.3, -0.25) is 9.59 Å². The number of ether oxygens (including phenoxy) is 1. The third-order valence-corrected chi connectivity index (χ3v) is 3.91. The maximum absolute atomic E-state index is 11.9. The fourth-order valence-electron chi connectivity index (χ4n) is 1.57. The molecule has 0 aliphatic carbocycles. The van der Waals surface area contributed by atoms with Crippen molar-refractivity contribution in [3.05, 3.63) is 40.8 Å². The number of hydrogen-bond donors (Lipinski definition) is 3. The van der Waals surface area contributed by atoms with Gasteiger partial charge in [0.05, 0.1) is 12.0 Å². The van der Waals surface area contributed by atoms with E-state index in [0.717, 1.165) is 0 Å². The van der Waals surface area contributed by atoms with Gasteiger partial charge in [-0.2, -0.15) is 4.99 Å². The molecule has 6 nitrogen and oxygen atoms in total. The number of amides is 2. The fourth-order valence-corrected chi connectivity index (χ4v) is 2.79. The minimum Gasteiger partial charge on any atom is -0.497 e. The molecule has 1 aliphatic rings. The minimum absolute atomic E-state index is 0.0316. The van der Waals surface area contributed by atoms with E-state index in [1.165, 1.54) is 24.9 Å². The van der Waals surface area contributed by atoms with Gasteiger partial charge in [0.2, 0.25) is 0 Å². The summed E-state index contributed by atoms with van der Waals surface area (Å²) in [5, 5.41) is 2.58. The molecule has 2 amide bonds. The number of aliphatic imine (C=N–C) groups is 1. The summed E-state index contributed by atoms with van der Waals surface area (Å²) < 4.78 is 4.69. The van der Waals surface area contributed by atoms with E-state index in [1.54, 1.807) is 24.3 Å². The number of nitrogens with one attached hydrogen (secondary N) is 1. The van der Waals surface area contributed by atoms with Crippen molar-refractivity contribution in [3.63, 3.8) is 0 Å². The Morgan fingerprint density at radius 3 is 2.67 bits per heavy atom. The Morgan fingerprint density at radius 2 is 2.14 bits per heavy atom. The molecule has 1 aromatic rings. The number of nitrogens with two attached hydrogens (primary N) is 1. The third-order valence-electron chi connectivity index (χ3n) is 2.56. The van der Waals surface area contributed by atoms with E-state index in [9.17, 15) is 9.59 Å². The molecule has 1 unspecified atom stereocenters. The van der Waals surface area contributed by atoms with Crippen LogP contribution in [0.3, 0.4) is 0 Å². The van der Waals surface area contributed by atoms with Gasteiger partial charge < -0.3 is 15.8 Å². The van der Waals surface area contributed by atoms with Crippen molar-refractivity contribution in [1.29, 1.82) is 0 Å². The summed E-state index contributed by atoms with van der Waals surface area (Å²) in [5.41, 5.74) is 6.05. The van der Waals surface area contributed by atoms with Crippen molar-refractivity contribution in [2.45, 2.75) is 4.71 Å². The molecule has 1 saturated heterocycles. The van der Waals surface area contributed by atoms with Crippen LogP contribution < -0.4 is 15.8 Å². The second-order valence-electron chi connectivity index (χ2n) is 4.02. The molecule has 1 atom stereocenters. The van der Waals surface area contributed by atoms with Crippen LogP contribution in [0.1, 0.15) is 10.4 Å². The van der Waals surface area contributed by atoms with Crippen LogP contribution >= 0.6 is 24.4 Å². The number of rotatable bonds is 3. The van der Waals surface area contributed by atoms with E-state index in [2.05, 4.69) is 22.9 Å². The average Bonchev–Trinajstić information content (AvgIpc) is 2.76. The number of amidine groups is 1. The lowest BCUT2D eigenvalue weighted by molar-refractivity contribution is -0.116. The normalized spacial score (nSPS) is 20.5. The predicted octanol–water partition coefficient (Wildman–Crippen LogP) is 1.15. The lowest BCUT2D eigenvalue weighted by Gasteiger charge is -2.00. The van der Waals surface area contributed by atoms with Crippen LogP contribution in [-0.4, -0.2) is 29.5 Å². The van der Waals surface area contributed by atoms with Crippen LogP contribution in [0.25, 0.3) is 0 Å². The van der Waals surface area contributed by atoms with Gasteiger partial charge in [0.25, 0.3) is 11.8 Å². The summed E-state index contributed by atoms with van der Waals surface area (Å²) in [5.74, 6) is -0.159. The van der Waals surface area contributed by atoms with E-state index >= 15 is 0 Å². The summed E-state index contributed by atoms with van der Waals surface area (Å²) >= 11 is 5.32. The number of nitrogens with zero attached hydrogens (tertiary/aromatic N) is 1. The largest absolute Gasteiger partial charge is 0.497 e. The molecular weight excluding hydrogens is 310 g/mol. The predicted molar refractivity (Wildman–Crippen MR) is 85.5 cm³/mol. The first-order valence-electron chi connectivity index (χ1n) is 5.89. The van der Waals surface area contributed by atoms with Crippen LogP contribution in [-0.2, 0) is 4.79 Å². The monoisotopic (exact) mass is 323 g/mol. The highest BCUT2D eigenvalue weighted by atomic mass is 32.2. The Kier molecular flexibility index (Phi) is 4.92. The topological polar surface area (TPSA) is 93.8 Å². The number of benzene rings is 1. The fraction of sp³-hybridized carbons (Fsp3) is 0.154. The molecule has 3 N–H and O–H groups in total. The summed E-state index contributed by atoms with van der Waals surface area (Å²) in [4.78, 5) is 27.5. The van der Waals surface area contributed by atoms with Gasteiger partial charge in [0.1, 0.15) is 16.3 Å². The van der Waals surface area contributed by atoms with Gasteiger partial charge >= 0.3 is 0 Å². The quantitative estimate of drug-likeness (QED) is 0.336. The molecule has 1 aromatic carbocycles. The third kappa shape index (κ3) is 4.02. The summed E-state index contributed by atoms with van der Waals surface area (Å²) in [6.45, 7) is 0. The van der Waals surface area contributed by atoms with E-state index in [1.807, 2.05) is 0 Å². The smallest absolute Gasteiger partial charge is 0.278 e. The van der Waals surface area contributed by atoms with Crippen molar-refractivity contribution in [1.82, 2.24) is 5.32 Å². The van der Waals surface area contributed by atoms with E-state index in [0.29, 0.717) is 16.2 Å². The standard InChI is InChI=1S/C13H13N3O3S2/c1-19-8-4-2-7(3-5-8)11(17)15-10(14)6-9-12(18)16-13(20)21-9/h2-6,13,20H,1H3,(H,16,18)(H2,14,15,17)/b9-6+. The second kappa shape index (κ2) is 6.68. The first-order valence-corrected chi connectivity index (χ1v) is 7.29. The molecule has 0 saturated carbocycles. The molecule has 8 heteroatoms. The zero-order valence-corrected chi connectivity index (χ0v) is 12.8. The molecule has 0 aromatic heterocycles. The first-order chi connectivity index (χ1) is 9.99. The van der Waals surface area contributed by atoms with E-state index in [-0.39, 0.29) is 16.4 Å². The number of thioether (sulfide) groups is 1. The van der Waals surface area contributed by atoms with Crippen molar-refractivity contribution in [2.24, 2.45) is 10.7 Å². The van der Waals surface area contributed by atoms with Gasteiger partial charge in [0.15, 0.2) is 0 Å². The molecule has 1 heterocycles. The Bertz CT molecular complexity index is 626. The Labute approximate surface area is 131 Å². The average molecular weight is 323 g/mol. The molecular formula is C13H13N3O3S2. The number of carbonyl (C=O) groups is 2. The second-order valence-corrected chi connectivity index (χ2v) is 6.04.